The second-order valence-electron chi connectivity index (χ2n) is 17.8. The summed E-state index contributed by atoms with van der Waals surface area (Å²) in [7, 11) is 0. The zero-order valence-electron chi connectivity index (χ0n) is 34.2. The van der Waals surface area contributed by atoms with E-state index in [2.05, 4.69) is 218 Å². The zero-order chi connectivity index (χ0) is 41.0. The predicted octanol–water partition coefficient (Wildman–Crippen LogP) is 16.1. The lowest BCUT2D eigenvalue weighted by Gasteiger charge is -2.30. The van der Waals surface area contributed by atoms with Crippen molar-refractivity contribution in [2.75, 3.05) is 0 Å². The summed E-state index contributed by atoms with van der Waals surface area (Å²) in [6.07, 6.45) is 0. The average molecular weight is 813 g/mol. The fraction of sp³-hybridized carbons (Fsp3) is 0.0323. The van der Waals surface area contributed by atoms with E-state index >= 15 is 0 Å². The minimum atomic E-state index is -0.362. The monoisotopic (exact) mass is 812 g/mol. The van der Waals surface area contributed by atoms with E-state index in [0.29, 0.717) is 0 Å². The molecule has 1 heteroatoms. The maximum absolute atomic E-state index is 2.48. The van der Waals surface area contributed by atoms with E-state index < -0.39 is 0 Å². The fourth-order valence-electron chi connectivity index (χ4n) is 12.9. The summed E-state index contributed by atoms with van der Waals surface area (Å²) in [5.74, 6) is 0. The molecular formula is C62H36S. The third-order valence-electron chi connectivity index (χ3n) is 15.1. The van der Waals surface area contributed by atoms with Crippen molar-refractivity contribution in [3.8, 4) is 66.8 Å². The molecule has 0 amide bonds. The van der Waals surface area contributed by atoms with Crippen LogP contribution in [0.1, 0.15) is 44.5 Å². The molecule has 4 aliphatic carbocycles. The van der Waals surface area contributed by atoms with Gasteiger partial charge in [-0.25, -0.2) is 0 Å². The van der Waals surface area contributed by atoms with E-state index in [1.54, 1.807) is 0 Å². The van der Waals surface area contributed by atoms with Crippen molar-refractivity contribution in [2.45, 2.75) is 10.8 Å². The lowest BCUT2D eigenvalue weighted by Crippen LogP contribution is -2.25. The number of fused-ring (bicyclic) bond motifs is 23. The molecule has 0 unspecified atom stereocenters. The van der Waals surface area contributed by atoms with Gasteiger partial charge >= 0.3 is 0 Å². The van der Waals surface area contributed by atoms with E-state index in [1.807, 2.05) is 11.3 Å². The summed E-state index contributed by atoms with van der Waals surface area (Å²) >= 11 is 1.90. The van der Waals surface area contributed by atoms with Crippen molar-refractivity contribution in [1.82, 2.24) is 0 Å². The Morgan fingerprint density at radius 1 is 0.238 bits per heavy atom. The number of thiophene rings is 1. The second-order valence-corrected chi connectivity index (χ2v) is 18.8. The molecule has 0 N–H and O–H groups in total. The summed E-state index contributed by atoms with van der Waals surface area (Å²) < 4.78 is 2.63. The van der Waals surface area contributed by atoms with E-state index in [9.17, 15) is 0 Å². The predicted molar refractivity (Wildman–Crippen MR) is 263 cm³/mol. The van der Waals surface area contributed by atoms with Gasteiger partial charge in [-0.3, -0.25) is 0 Å². The van der Waals surface area contributed by atoms with Crippen LogP contribution in [0.25, 0.3) is 86.9 Å². The van der Waals surface area contributed by atoms with Crippen molar-refractivity contribution in [3.05, 3.63) is 263 Å². The molecule has 0 saturated heterocycles. The van der Waals surface area contributed by atoms with Gasteiger partial charge in [-0.05, 0) is 136 Å². The van der Waals surface area contributed by atoms with Gasteiger partial charge < -0.3 is 0 Å². The van der Waals surface area contributed by atoms with Crippen LogP contribution in [-0.2, 0) is 10.8 Å². The van der Waals surface area contributed by atoms with Gasteiger partial charge in [-0.2, -0.15) is 0 Å². The van der Waals surface area contributed by atoms with Crippen LogP contribution in [0.4, 0.5) is 0 Å². The van der Waals surface area contributed by atoms with Crippen molar-refractivity contribution in [3.63, 3.8) is 0 Å². The van der Waals surface area contributed by atoms with Gasteiger partial charge in [-0.15, -0.1) is 11.3 Å². The van der Waals surface area contributed by atoms with Gasteiger partial charge in [0, 0.05) is 20.2 Å². The molecule has 1 aromatic heterocycles. The highest BCUT2D eigenvalue weighted by Gasteiger charge is 2.53. The molecule has 0 bridgehead atoms. The van der Waals surface area contributed by atoms with Crippen molar-refractivity contribution in [2.24, 2.45) is 0 Å². The number of hydrogen-bond acceptors (Lipinski definition) is 1. The Bertz CT molecular complexity index is 3480. The van der Waals surface area contributed by atoms with Crippen LogP contribution in [-0.4, -0.2) is 0 Å². The third kappa shape index (κ3) is 4.04. The first-order valence-corrected chi connectivity index (χ1v) is 22.9. The number of benzene rings is 10. The van der Waals surface area contributed by atoms with Crippen LogP contribution in [0.2, 0.25) is 0 Å². The highest BCUT2D eigenvalue weighted by atomic mass is 32.1. The van der Waals surface area contributed by atoms with Crippen LogP contribution in [0.3, 0.4) is 0 Å². The molecule has 0 aliphatic heterocycles. The maximum atomic E-state index is 2.48. The highest BCUT2D eigenvalue weighted by molar-refractivity contribution is 7.25. The molecule has 0 saturated carbocycles. The summed E-state index contributed by atoms with van der Waals surface area (Å²) in [5, 5.41) is 2.63. The summed E-state index contributed by atoms with van der Waals surface area (Å²) in [5.41, 5.74) is 26.1. The van der Waals surface area contributed by atoms with E-state index in [4.69, 9.17) is 0 Å². The first-order chi connectivity index (χ1) is 31.3. The molecule has 4 aliphatic rings. The van der Waals surface area contributed by atoms with Crippen LogP contribution in [0.15, 0.2) is 218 Å². The van der Waals surface area contributed by atoms with Gasteiger partial charge in [0.1, 0.15) is 0 Å². The van der Waals surface area contributed by atoms with Gasteiger partial charge in [-0.1, -0.05) is 194 Å². The van der Waals surface area contributed by atoms with E-state index in [-0.39, 0.29) is 10.8 Å². The number of hydrogen-bond donors (Lipinski definition) is 0. The van der Waals surface area contributed by atoms with Crippen LogP contribution < -0.4 is 0 Å². The topological polar surface area (TPSA) is 0 Å². The third-order valence-corrected chi connectivity index (χ3v) is 16.3. The van der Waals surface area contributed by atoms with Gasteiger partial charge in [0.2, 0.25) is 0 Å². The first kappa shape index (κ1) is 34.1. The Morgan fingerprint density at radius 2 is 0.524 bits per heavy atom. The molecule has 1 heterocycles. The number of rotatable bonds is 2. The minimum Gasteiger partial charge on any atom is -0.135 e. The molecule has 63 heavy (non-hydrogen) atoms. The molecule has 11 aromatic rings. The molecule has 10 aromatic carbocycles. The van der Waals surface area contributed by atoms with E-state index in [1.165, 1.54) is 131 Å². The Balaban J connectivity index is 0.932. The fourth-order valence-corrected chi connectivity index (χ4v) is 13.9. The quantitative estimate of drug-likeness (QED) is 0.163. The standard InChI is InChI=1S/C62H36S/c1-7-23-49-41(15-1)42-16-2-8-24-50(42)61(49)53-27-11-5-19-45(53)59-39(21-13-29-55(59)61)37-31-33-57-47(35-37)48-36-38(32-34-58(48)63-57)40-22-14-30-56-60(40)46-20-6-12-28-54(46)62(56)51-25-9-3-17-43(51)44-18-4-10-26-52(44)62/h1-36H. The molecule has 0 nitrogen and oxygen atoms in total. The van der Waals surface area contributed by atoms with Gasteiger partial charge in [0.05, 0.1) is 10.8 Å². The Hall–Kier alpha value is -7.58. The lowest BCUT2D eigenvalue weighted by atomic mass is 9.70. The first-order valence-electron chi connectivity index (χ1n) is 22.1. The normalized spacial score (nSPS) is 14.6. The molecular weight excluding hydrogens is 777 g/mol. The SMILES string of the molecule is c1ccc2c(c1)-c1ccccc1C21c2ccccc2-c2c(-c3ccc4sc5ccc(-c6cccc7c6-c6ccccc6C76c7ccccc7-c7ccccc76)cc5c4c3)cccc21. The average Bonchev–Trinajstić information content (AvgIpc) is 4.12. The van der Waals surface area contributed by atoms with Crippen LogP contribution >= 0.6 is 11.3 Å². The van der Waals surface area contributed by atoms with Crippen molar-refractivity contribution < 1.29 is 0 Å². The van der Waals surface area contributed by atoms with Gasteiger partial charge in [0.15, 0.2) is 0 Å². The molecule has 0 atom stereocenters. The Labute approximate surface area is 370 Å². The van der Waals surface area contributed by atoms with Gasteiger partial charge in [0.25, 0.3) is 0 Å². The highest BCUT2D eigenvalue weighted by Crippen LogP contribution is 2.66. The summed E-state index contributed by atoms with van der Waals surface area (Å²) in [6.45, 7) is 0. The second kappa shape index (κ2) is 12.1. The zero-order valence-corrected chi connectivity index (χ0v) is 35.0. The summed E-state index contributed by atoms with van der Waals surface area (Å²) in [4.78, 5) is 0. The largest absolute Gasteiger partial charge is 0.135 e. The molecule has 0 fully saturated rings. The molecule has 15 rings (SSSR count). The molecule has 290 valence electrons. The summed E-state index contributed by atoms with van der Waals surface area (Å²) in [6, 6.07) is 83.1. The van der Waals surface area contributed by atoms with Crippen molar-refractivity contribution >= 4 is 31.5 Å². The van der Waals surface area contributed by atoms with Crippen LogP contribution in [0.5, 0.6) is 0 Å². The lowest BCUT2D eigenvalue weighted by molar-refractivity contribution is 0.794. The smallest absolute Gasteiger partial charge is 0.0725 e. The minimum absolute atomic E-state index is 0.362. The van der Waals surface area contributed by atoms with E-state index in [0.717, 1.165) is 0 Å². The Morgan fingerprint density at radius 3 is 0.889 bits per heavy atom. The molecule has 0 radical (unpaired) electrons. The maximum Gasteiger partial charge on any atom is 0.0725 e. The van der Waals surface area contributed by atoms with Crippen LogP contribution in [0, 0.1) is 0 Å². The Kier molecular flexibility index (Phi) is 6.53. The molecule has 2 spiro atoms. The van der Waals surface area contributed by atoms with Crippen molar-refractivity contribution in [1.29, 1.82) is 0 Å².